The van der Waals surface area contributed by atoms with Gasteiger partial charge in [0.15, 0.2) is 11.6 Å². The molecule has 0 saturated heterocycles. The Balaban J connectivity index is 2.16. The lowest BCUT2D eigenvalue weighted by Gasteiger charge is -1.98. The van der Waals surface area contributed by atoms with Crippen molar-refractivity contribution < 1.29 is 14.0 Å². The average Bonchev–Trinajstić information content (AvgIpc) is 2.84. The van der Waals surface area contributed by atoms with Crippen LogP contribution in [0, 0.1) is 20.8 Å². The molecule has 2 aromatic heterocycles. The molecule has 0 radical (unpaired) electrons. The molecule has 0 bridgehead atoms. The summed E-state index contributed by atoms with van der Waals surface area (Å²) in [6.07, 6.45) is 1.29. The average molecular weight is 263 g/mol. The van der Waals surface area contributed by atoms with Crippen LogP contribution in [0.1, 0.15) is 42.9 Å². The number of furan rings is 1. The molecule has 2 rings (SSSR count). The topological polar surface area (TPSA) is 60.2 Å². The maximum absolute atomic E-state index is 12.0. The number of carbonyl (C=O) groups excluding carboxylic acids is 2. The summed E-state index contributed by atoms with van der Waals surface area (Å²) in [6.45, 7) is 5.39. The van der Waals surface area contributed by atoms with Gasteiger partial charge in [0.2, 0.25) is 0 Å². The van der Waals surface area contributed by atoms with E-state index in [4.69, 9.17) is 4.42 Å². The predicted octanol–water partition coefficient (Wildman–Crippen LogP) is 3.12. The Morgan fingerprint density at radius 3 is 2.50 bits per heavy atom. The first-order chi connectivity index (χ1) is 8.49. The molecule has 4 nitrogen and oxygen atoms in total. The summed E-state index contributed by atoms with van der Waals surface area (Å²) < 4.78 is 5.06. The summed E-state index contributed by atoms with van der Waals surface area (Å²) in [7, 11) is 0. The highest BCUT2D eigenvalue weighted by Gasteiger charge is 2.20. The molecular weight excluding hydrogens is 250 g/mol. The van der Waals surface area contributed by atoms with E-state index >= 15 is 0 Å². The molecule has 2 heterocycles. The van der Waals surface area contributed by atoms with E-state index in [0.717, 1.165) is 9.88 Å². The van der Waals surface area contributed by atoms with Crippen LogP contribution < -0.4 is 0 Å². The van der Waals surface area contributed by atoms with Gasteiger partial charge in [-0.2, -0.15) is 0 Å². The van der Waals surface area contributed by atoms with Gasteiger partial charge in [-0.15, -0.1) is 11.3 Å². The maximum Gasteiger partial charge on any atom is 0.190 e. The Labute approximate surface area is 109 Å². The minimum Gasteiger partial charge on any atom is -0.469 e. The van der Waals surface area contributed by atoms with E-state index in [1.54, 1.807) is 13.0 Å². The number of hydrogen-bond acceptors (Lipinski definition) is 5. The Bertz CT molecular complexity index is 610. The van der Waals surface area contributed by atoms with Crippen LogP contribution >= 0.6 is 11.3 Å². The molecule has 0 amide bonds. The van der Waals surface area contributed by atoms with Gasteiger partial charge in [0, 0.05) is 4.88 Å². The zero-order valence-electron chi connectivity index (χ0n) is 10.4. The van der Waals surface area contributed by atoms with Crippen LogP contribution in [0.3, 0.4) is 0 Å². The zero-order valence-corrected chi connectivity index (χ0v) is 11.3. The Morgan fingerprint density at radius 2 is 2.00 bits per heavy atom. The Morgan fingerprint density at radius 1 is 1.28 bits per heavy atom. The third-order valence-corrected chi connectivity index (χ3v) is 3.53. The highest BCUT2D eigenvalue weighted by molar-refractivity contribution is 7.11. The fourth-order valence-electron chi connectivity index (χ4n) is 1.79. The van der Waals surface area contributed by atoms with Gasteiger partial charge in [-0.1, -0.05) is 0 Å². The second-order valence-corrected chi connectivity index (χ2v) is 5.46. The molecule has 0 unspecified atom stereocenters. The van der Waals surface area contributed by atoms with Gasteiger partial charge >= 0.3 is 0 Å². The summed E-state index contributed by atoms with van der Waals surface area (Å²) in [5, 5.41) is 0.836. The van der Waals surface area contributed by atoms with Crippen molar-refractivity contribution in [3.8, 4) is 0 Å². The lowest BCUT2D eigenvalue weighted by Crippen LogP contribution is -2.10. The van der Waals surface area contributed by atoms with Gasteiger partial charge in [-0.05, 0) is 26.8 Å². The highest BCUT2D eigenvalue weighted by Crippen LogP contribution is 2.19. The number of rotatable bonds is 4. The number of aryl methyl sites for hydroxylation is 3. The van der Waals surface area contributed by atoms with Crippen LogP contribution in [0.4, 0.5) is 0 Å². The molecule has 0 aliphatic carbocycles. The fourth-order valence-corrected chi connectivity index (χ4v) is 2.62. The highest BCUT2D eigenvalue weighted by atomic mass is 32.1. The number of carbonyl (C=O) groups is 2. The second-order valence-electron chi connectivity index (χ2n) is 4.05. The first-order valence-electron chi connectivity index (χ1n) is 5.53. The molecule has 0 N–H and O–H groups in total. The summed E-state index contributed by atoms with van der Waals surface area (Å²) in [5.74, 6) is 0.0812. The van der Waals surface area contributed by atoms with Crippen molar-refractivity contribution in [1.82, 2.24) is 4.98 Å². The van der Waals surface area contributed by atoms with Gasteiger partial charge in [-0.25, -0.2) is 4.98 Å². The number of thiazole rings is 1. The second kappa shape index (κ2) is 4.86. The third kappa shape index (κ3) is 2.41. The van der Waals surface area contributed by atoms with E-state index in [1.165, 1.54) is 17.6 Å². The number of nitrogens with zero attached hydrogens (tertiary/aromatic N) is 1. The molecule has 94 valence electrons. The SMILES string of the molecule is Cc1nc(C(=O)CC(=O)c2ccoc2C)c(C)s1. The van der Waals surface area contributed by atoms with Gasteiger partial charge in [0.1, 0.15) is 11.5 Å². The van der Waals surface area contributed by atoms with Gasteiger partial charge in [-0.3, -0.25) is 9.59 Å². The predicted molar refractivity (Wildman–Crippen MR) is 68.3 cm³/mol. The maximum atomic E-state index is 12.0. The van der Waals surface area contributed by atoms with E-state index < -0.39 is 0 Å². The van der Waals surface area contributed by atoms with Crippen molar-refractivity contribution in [3.63, 3.8) is 0 Å². The molecule has 5 heteroatoms. The third-order valence-electron chi connectivity index (χ3n) is 2.65. The number of Topliss-reactive ketones (excluding diaryl/α,β-unsaturated/α-hetero) is 2. The summed E-state index contributed by atoms with van der Waals surface area (Å²) >= 11 is 1.46. The quantitative estimate of drug-likeness (QED) is 0.628. The van der Waals surface area contributed by atoms with Crippen LogP contribution in [0.15, 0.2) is 16.7 Å². The molecule has 0 saturated carbocycles. The molecule has 0 atom stereocenters. The Hall–Kier alpha value is -1.75. The number of hydrogen-bond donors (Lipinski definition) is 0. The van der Waals surface area contributed by atoms with E-state index in [0.29, 0.717) is 17.0 Å². The molecule has 0 aliphatic heterocycles. The number of ketones is 2. The van der Waals surface area contributed by atoms with Crippen molar-refractivity contribution >= 4 is 22.9 Å². The molecule has 0 fully saturated rings. The standard InChI is InChI=1S/C13H13NO3S/c1-7-10(4-5-17-7)11(15)6-12(16)13-8(2)18-9(3)14-13/h4-5H,6H2,1-3H3. The van der Waals surface area contributed by atoms with Crippen LogP contribution in [0.2, 0.25) is 0 Å². The minimum atomic E-state index is -0.234. The normalized spacial score (nSPS) is 10.6. The molecule has 2 aromatic rings. The molecule has 0 spiro atoms. The van der Waals surface area contributed by atoms with E-state index in [-0.39, 0.29) is 18.0 Å². The lowest BCUT2D eigenvalue weighted by atomic mass is 10.1. The summed E-state index contributed by atoms with van der Waals surface area (Å²) in [5.41, 5.74) is 0.875. The van der Waals surface area contributed by atoms with Crippen molar-refractivity contribution in [2.75, 3.05) is 0 Å². The fraction of sp³-hybridized carbons (Fsp3) is 0.308. The number of aromatic nitrogens is 1. The van der Waals surface area contributed by atoms with Crippen molar-refractivity contribution in [1.29, 1.82) is 0 Å². The summed E-state index contributed by atoms with van der Waals surface area (Å²) in [6, 6.07) is 1.59. The largest absolute Gasteiger partial charge is 0.469 e. The van der Waals surface area contributed by atoms with Crippen molar-refractivity contribution in [2.45, 2.75) is 27.2 Å². The minimum absolute atomic E-state index is 0.162. The molecular formula is C13H13NO3S. The molecule has 0 aromatic carbocycles. The van der Waals surface area contributed by atoms with E-state index in [9.17, 15) is 9.59 Å². The summed E-state index contributed by atoms with van der Waals surface area (Å²) in [4.78, 5) is 28.9. The molecule has 18 heavy (non-hydrogen) atoms. The smallest absolute Gasteiger partial charge is 0.190 e. The Kier molecular flexibility index (Phi) is 3.43. The van der Waals surface area contributed by atoms with E-state index in [2.05, 4.69) is 4.98 Å². The van der Waals surface area contributed by atoms with Crippen LogP contribution in [0.5, 0.6) is 0 Å². The first kappa shape index (κ1) is 12.7. The van der Waals surface area contributed by atoms with Gasteiger partial charge in [0.05, 0.1) is 23.3 Å². The van der Waals surface area contributed by atoms with Crippen LogP contribution in [0.25, 0.3) is 0 Å². The molecule has 0 aliphatic rings. The monoisotopic (exact) mass is 263 g/mol. The van der Waals surface area contributed by atoms with Crippen molar-refractivity contribution in [2.24, 2.45) is 0 Å². The van der Waals surface area contributed by atoms with Gasteiger partial charge in [0.25, 0.3) is 0 Å². The van der Waals surface area contributed by atoms with Crippen LogP contribution in [-0.4, -0.2) is 16.6 Å². The van der Waals surface area contributed by atoms with Gasteiger partial charge < -0.3 is 4.42 Å². The lowest BCUT2D eigenvalue weighted by molar-refractivity contribution is 0.0891. The van der Waals surface area contributed by atoms with Crippen molar-refractivity contribution in [3.05, 3.63) is 39.2 Å². The first-order valence-corrected chi connectivity index (χ1v) is 6.35. The van der Waals surface area contributed by atoms with Crippen LogP contribution in [-0.2, 0) is 0 Å². The zero-order chi connectivity index (χ0) is 13.3. The van der Waals surface area contributed by atoms with E-state index in [1.807, 2.05) is 13.8 Å².